The summed E-state index contributed by atoms with van der Waals surface area (Å²) >= 11 is 1.80. The van der Waals surface area contributed by atoms with Gasteiger partial charge in [-0.2, -0.15) is 0 Å². The average molecular weight is 481 g/mol. The molecule has 2 heterocycles. The fourth-order valence-electron chi connectivity index (χ4n) is 2.58. The van der Waals surface area contributed by atoms with Crippen LogP contribution in [0.1, 0.15) is 37.5 Å². The first-order chi connectivity index (χ1) is 11.8. The van der Waals surface area contributed by atoms with E-state index in [0.717, 1.165) is 64.9 Å². The lowest BCUT2D eigenvalue weighted by molar-refractivity contribution is 0.0888. The Bertz CT molecular complexity index is 465. The summed E-state index contributed by atoms with van der Waals surface area (Å²) in [5, 5.41) is 8.81. The van der Waals surface area contributed by atoms with Gasteiger partial charge in [-0.15, -0.1) is 35.3 Å². The van der Waals surface area contributed by atoms with Crippen molar-refractivity contribution in [1.29, 1.82) is 0 Å². The predicted octanol–water partition coefficient (Wildman–Crippen LogP) is 3.47. The van der Waals surface area contributed by atoms with Crippen molar-refractivity contribution < 1.29 is 9.47 Å². The van der Waals surface area contributed by atoms with Crippen LogP contribution in [-0.2, 0) is 9.47 Å². The van der Waals surface area contributed by atoms with E-state index in [1.165, 1.54) is 4.88 Å². The van der Waals surface area contributed by atoms with E-state index in [4.69, 9.17) is 14.5 Å². The van der Waals surface area contributed by atoms with Crippen molar-refractivity contribution in [3.63, 3.8) is 0 Å². The first-order valence-corrected chi connectivity index (χ1v) is 9.88. The smallest absolute Gasteiger partial charge is 0.191 e. The van der Waals surface area contributed by atoms with Crippen molar-refractivity contribution in [3.8, 4) is 0 Å². The molecule has 144 valence electrons. The summed E-state index contributed by atoms with van der Waals surface area (Å²) in [7, 11) is 0. The van der Waals surface area contributed by atoms with Gasteiger partial charge in [0.25, 0.3) is 0 Å². The molecule has 0 amide bonds. The minimum Gasteiger partial charge on any atom is -0.381 e. The van der Waals surface area contributed by atoms with Crippen molar-refractivity contribution in [2.24, 2.45) is 10.9 Å². The molecule has 1 aromatic rings. The van der Waals surface area contributed by atoms with Crippen LogP contribution < -0.4 is 10.6 Å². The molecule has 1 fully saturated rings. The molecule has 0 radical (unpaired) electrons. The third kappa shape index (κ3) is 9.21. The minimum absolute atomic E-state index is 0. The number of nitrogens with zero attached hydrogens (tertiary/aromatic N) is 1. The zero-order valence-electron chi connectivity index (χ0n) is 15.3. The van der Waals surface area contributed by atoms with Crippen molar-refractivity contribution >= 4 is 41.3 Å². The molecule has 0 spiro atoms. The second-order valence-corrected chi connectivity index (χ2v) is 7.20. The molecule has 1 aromatic heterocycles. The Kier molecular flexibility index (Phi) is 12.5. The summed E-state index contributed by atoms with van der Waals surface area (Å²) in [5.41, 5.74) is 0. The van der Waals surface area contributed by atoms with E-state index >= 15 is 0 Å². The highest BCUT2D eigenvalue weighted by Crippen LogP contribution is 2.20. The van der Waals surface area contributed by atoms with Gasteiger partial charge < -0.3 is 20.1 Å². The van der Waals surface area contributed by atoms with Crippen LogP contribution in [-0.4, -0.2) is 52.0 Å². The summed E-state index contributed by atoms with van der Waals surface area (Å²) in [5.74, 6) is 1.94. The van der Waals surface area contributed by atoms with Crippen molar-refractivity contribution in [2.75, 3.05) is 46.1 Å². The van der Waals surface area contributed by atoms with Gasteiger partial charge in [0, 0.05) is 43.0 Å². The van der Waals surface area contributed by atoms with E-state index in [1.54, 1.807) is 11.3 Å². The van der Waals surface area contributed by atoms with E-state index in [2.05, 4.69) is 42.0 Å². The number of aliphatic imine (C=N–C) groups is 1. The largest absolute Gasteiger partial charge is 0.381 e. The third-order valence-corrected chi connectivity index (χ3v) is 5.14. The summed E-state index contributed by atoms with van der Waals surface area (Å²) in [6.07, 6.45) is 2.12. The minimum atomic E-state index is 0. The maximum atomic E-state index is 5.73. The highest BCUT2D eigenvalue weighted by molar-refractivity contribution is 14.0. The molecular formula is C18H32IN3O2S. The number of guanidine groups is 1. The lowest BCUT2D eigenvalue weighted by Crippen LogP contribution is -2.38. The number of rotatable bonds is 10. The molecule has 2 atom stereocenters. The van der Waals surface area contributed by atoms with Gasteiger partial charge >= 0.3 is 0 Å². The van der Waals surface area contributed by atoms with Crippen molar-refractivity contribution in [1.82, 2.24) is 10.6 Å². The molecule has 0 saturated carbocycles. The standard InChI is InChI=1S/C18H31N3O2S.HI/c1-3-19-18(21-12-15(2)17-6-4-11-24-17)20-8-5-9-22-13-16-7-10-23-14-16;/h4,6,11,15-16H,3,5,7-10,12-14H2,1-2H3,(H2,19,20,21);1H. The molecule has 0 bridgehead atoms. The second kappa shape index (κ2) is 13.8. The SMILES string of the molecule is CCNC(=NCC(C)c1cccs1)NCCCOCC1CCOC1.I. The van der Waals surface area contributed by atoms with Crippen LogP contribution >= 0.6 is 35.3 Å². The fourth-order valence-corrected chi connectivity index (χ4v) is 3.36. The van der Waals surface area contributed by atoms with Crippen LogP contribution in [0.25, 0.3) is 0 Å². The Morgan fingerprint density at radius 1 is 1.48 bits per heavy atom. The number of thiophene rings is 1. The van der Waals surface area contributed by atoms with Gasteiger partial charge in [0.15, 0.2) is 5.96 Å². The summed E-state index contributed by atoms with van der Waals surface area (Å²) in [6.45, 7) is 10.2. The molecule has 25 heavy (non-hydrogen) atoms. The molecule has 0 aliphatic carbocycles. The average Bonchev–Trinajstić information content (AvgIpc) is 3.28. The summed E-state index contributed by atoms with van der Waals surface area (Å²) in [6, 6.07) is 4.28. The van der Waals surface area contributed by atoms with Crippen LogP contribution in [0.5, 0.6) is 0 Å². The molecule has 2 N–H and O–H groups in total. The monoisotopic (exact) mass is 481 g/mol. The lowest BCUT2D eigenvalue weighted by Gasteiger charge is -2.13. The van der Waals surface area contributed by atoms with Gasteiger partial charge in [0.05, 0.1) is 19.8 Å². The molecule has 1 saturated heterocycles. The Labute approximate surface area is 173 Å². The predicted molar refractivity (Wildman–Crippen MR) is 116 cm³/mol. The zero-order valence-corrected chi connectivity index (χ0v) is 18.5. The normalized spacial score (nSPS) is 18.6. The second-order valence-electron chi connectivity index (χ2n) is 6.22. The molecule has 1 aliphatic rings. The molecule has 7 heteroatoms. The van der Waals surface area contributed by atoms with Crippen LogP contribution in [0.15, 0.2) is 22.5 Å². The van der Waals surface area contributed by atoms with Gasteiger partial charge in [0.1, 0.15) is 0 Å². The van der Waals surface area contributed by atoms with Gasteiger partial charge in [0.2, 0.25) is 0 Å². The molecule has 2 unspecified atom stereocenters. The fraction of sp³-hybridized carbons (Fsp3) is 0.722. The van der Waals surface area contributed by atoms with Gasteiger partial charge in [-0.1, -0.05) is 13.0 Å². The van der Waals surface area contributed by atoms with Crippen LogP contribution in [0, 0.1) is 5.92 Å². The highest BCUT2D eigenvalue weighted by Gasteiger charge is 2.15. The Balaban J connectivity index is 0.00000312. The zero-order chi connectivity index (χ0) is 17.0. The molecule has 2 rings (SSSR count). The summed E-state index contributed by atoms with van der Waals surface area (Å²) in [4.78, 5) is 6.08. The number of hydrogen-bond donors (Lipinski definition) is 2. The first-order valence-electron chi connectivity index (χ1n) is 9.00. The van der Waals surface area contributed by atoms with E-state index in [9.17, 15) is 0 Å². The Morgan fingerprint density at radius 2 is 2.36 bits per heavy atom. The summed E-state index contributed by atoms with van der Waals surface area (Å²) < 4.78 is 11.1. The highest BCUT2D eigenvalue weighted by atomic mass is 127. The topological polar surface area (TPSA) is 54.9 Å². The lowest BCUT2D eigenvalue weighted by atomic mass is 10.1. The van der Waals surface area contributed by atoms with E-state index in [-0.39, 0.29) is 24.0 Å². The van der Waals surface area contributed by atoms with E-state index in [0.29, 0.717) is 11.8 Å². The van der Waals surface area contributed by atoms with Crippen LogP contribution in [0.3, 0.4) is 0 Å². The van der Waals surface area contributed by atoms with Gasteiger partial charge in [-0.3, -0.25) is 4.99 Å². The molecule has 1 aliphatic heterocycles. The molecular weight excluding hydrogens is 449 g/mol. The number of nitrogens with one attached hydrogen (secondary N) is 2. The van der Waals surface area contributed by atoms with E-state index < -0.39 is 0 Å². The van der Waals surface area contributed by atoms with Gasteiger partial charge in [-0.25, -0.2) is 0 Å². The number of halogens is 1. The van der Waals surface area contributed by atoms with Crippen LogP contribution in [0.2, 0.25) is 0 Å². The number of hydrogen-bond acceptors (Lipinski definition) is 4. The van der Waals surface area contributed by atoms with E-state index in [1.807, 2.05) is 0 Å². The quantitative estimate of drug-likeness (QED) is 0.233. The Morgan fingerprint density at radius 3 is 3.04 bits per heavy atom. The van der Waals surface area contributed by atoms with Gasteiger partial charge in [-0.05, 0) is 31.2 Å². The van der Waals surface area contributed by atoms with Crippen LogP contribution in [0.4, 0.5) is 0 Å². The first kappa shape index (κ1) is 22.7. The van der Waals surface area contributed by atoms with Crippen molar-refractivity contribution in [3.05, 3.63) is 22.4 Å². The molecule has 0 aromatic carbocycles. The Hall–Kier alpha value is -0.380. The van der Waals surface area contributed by atoms with Crippen molar-refractivity contribution in [2.45, 2.75) is 32.6 Å². The molecule has 5 nitrogen and oxygen atoms in total. The third-order valence-electron chi connectivity index (χ3n) is 4.03. The maximum Gasteiger partial charge on any atom is 0.191 e. The number of ether oxygens (including phenoxy) is 2. The maximum absolute atomic E-state index is 5.73.